The maximum absolute atomic E-state index is 4.65. The molecule has 0 atom stereocenters. The lowest BCUT2D eigenvalue weighted by Crippen LogP contribution is -2.52. The molecular formula is C21H26N6. The number of nitrogens with one attached hydrogen (secondary N) is 1. The summed E-state index contributed by atoms with van der Waals surface area (Å²) in [5.74, 6) is 0.978. The molecule has 0 unspecified atom stereocenters. The Morgan fingerprint density at radius 2 is 1.81 bits per heavy atom. The van der Waals surface area contributed by atoms with Crippen LogP contribution in [-0.4, -0.2) is 60.0 Å². The van der Waals surface area contributed by atoms with Crippen molar-refractivity contribution in [1.29, 1.82) is 0 Å². The van der Waals surface area contributed by atoms with E-state index in [1.807, 2.05) is 31.4 Å². The second-order valence-electron chi connectivity index (χ2n) is 6.73. The van der Waals surface area contributed by atoms with Crippen molar-refractivity contribution in [3.8, 4) is 0 Å². The van der Waals surface area contributed by atoms with Gasteiger partial charge < -0.3 is 19.5 Å². The van der Waals surface area contributed by atoms with E-state index < -0.39 is 0 Å². The van der Waals surface area contributed by atoms with Crippen molar-refractivity contribution in [3.05, 3.63) is 66.6 Å². The Kier molecular flexibility index (Phi) is 5.23. The number of fused-ring (bicyclic) bond motifs is 1. The van der Waals surface area contributed by atoms with Crippen molar-refractivity contribution in [1.82, 2.24) is 19.6 Å². The summed E-state index contributed by atoms with van der Waals surface area (Å²) in [5.41, 5.74) is 3.39. The third-order valence-corrected chi connectivity index (χ3v) is 4.99. The number of hydrogen-bond donors (Lipinski definition) is 1. The lowest BCUT2D eigenvalue weighted by atomic mass is 10.2. The van der Waals surface area contributed by atoms with Gasteiger partial charge in [-0.15, -0.1) is 0 Å². The van der Waals surface area contributed by atoms with Gasteiger partial charge in [-0.1, -0.05) is 24.3 Å². The Balaban J connectivity index is 1.28. The van der Waals surface area contributed by atoms with E-state index in [-0.39, 0.29) is 0 Å². The number of pyridine rings is 1. The normalized spacial score (nSPS) is 15.4. The van der Waals surface area contributed by atoms with Crippen LogP contribution in [-0.2, 0) is 6.42 Å². The van der Waals surface area contributed by atoms with Crippen molar-refractivity contribution in [2.45, 2.75) is 6.42 Å². The minimum Gasteiger partial charge on any atom is -0.368 e. The zero-order valence-electron chi connectivity index (χ0n) is 15.8. The van der Waals surface area contributed by atoms with E-state index in [0.29, 0.717) is 0 Å². The molecule has 0 saturated carbocycles. The van der Waals surface area contributed by atoms with Crippen LogP contribution in [0, 0.1) is 0 Å². The number of hydrogen-bond acceptors (Lipinski definition) is 3. The van der Waals surface area contributed by atoms with E-state index in [1.165, 1.54) is 5.69 Å². The molecule has 0 amide bonds. The summed E-state index contributed by atoms with van der Waals surface area (Å²) in [5, 5.41) is 3.49. The summed E-state index contributed by atoms with van der Waals surface area (Å²) in [7, 11) is 1.86. The van der Waals surface area contributed by atoms with E-state index in [1.54, 1.807) is 0 Å². The topological polar surface area (TPSA) is 48.2 Å². The second kappa shape index (κ2) is 8.12. The fraction of sp³-hybridized carbons (Fsp3) is 0.333. The van der Waals surface area contributed by atoms with Gasteiger partial charge in [-0.05, 0) is 24.3 Å². The maximum Gasteiger partial charge on any atom is 0.193 e. The number of piperazine rings is 1. The third-order valence-electron chi connectivity index (χ3n) is 4.99. The number of benzene rings is 1. The number of aromatic nitrogens is 2. The van der Waals surface area contributed by atoms with Crippen LogP contribution >= 0.6 is 0 Å². The molecule has 0 spiro atoms. The Morgan fingerprint density at radius 1 is 1.04 bits per heavy atom. The molecule has 1 aromatic carbocycles. The van der Waals surface area contributed by atoms with Gasteiger partial charge in [0.1, 0.15) is 5.65 Å². The number of imidazole rings is 1. The Hall–Kier alpha value is -3.02. The minimum absolute atomic E-state index is 0.829. The summed E-state index contributed by atoms with van der Waals surface area (Å²) in [6.45, 7) is 4.80. The molecule has 0 bridgehead atoms. The summed E-state index contributed by atoms with van der Waals surface area (Å²) in [4.78, 5) is 13.9. The zero-order chi connectivity index (χ0) is 18.5. The standard InChI is InChI=1S/C21H26N6/c1-22-21(23-11-10-18-17-27-12-6-5-9-20(27)24-18)26-15-13-25(14-16-26)19-7-3-2-4-8-19/h2-9,12,17H,10-11,13-16H2,1H3,(H,22,23). The lowest BCUT2D eigenvalue weighted by molar-refractivity contribution is 0.373. The smallest absolute Gasteiger partial charge is 0.193 e. The van der Waals surface area contributed by atoms with Crippen LogP contribution in [0.15, 0.2) is 65.9 Å². The second-order valence-corrected chi connectivity index (χ2v) is 6.73. The molecule has 1 aliphatic heterocycles. The number of para-hydroxylation sites is 1. The average Bonchev–Trinajstić information content (AvgIpc) is 3.15. The van der Waals surface area contributed by atoms with Gasteiger partial charge in [0.2, 0.25) is 0 Å². The first-order chi connectivity index (χ1) is 13.3. The van der Waals surface area contributed by atoms with Gasteiger partial charge in [-0.25, -0.2) is 4.98 Å². The van der Waals surface area contributed by atoms with Crippen LogP contribution in [0.1, 0.15) is 5.69 Å². The fourth-order valence-electron chi connectivity index (χ4n) is 3.56. The first kappa shape index (κ1) is 17.4. The maximum atomic E-state index is 4.65. The molecule has 3 aromatic rings. The first-order valence-corrected chi connectivity index (χ1v) is 9.52. The van der Waals surface area contributed by atoms with Gasteiger partial charge in [0.25, 0.3) is 0 Å². The van der Waals surface area contributed by atoms with Crippen LogP contribution < -0.4 is 10.2 Å². The summed E-state index contributed by atoms with van der Waals surface area (Å²) in [6.07, 6.45) is 5.01. The molecule has 1 fully saturated rings. The van der Waals surface area contributed by atoms with Crippen LogP contribution in [0.4, 0.5) is 5.69 Å². The first-order valence-electron chi connectivity index (χ1n) is 9.52. The van der Waals surface area contributed by atoms with E-state index in [9.17, 15) is 0 Å². The molecule has 1 saturated heterocycles. The third kappa shape index (κ3) is 4.05. The predicted molar refractivity (Wildman–Crippen MR) is 110 cm³/mol. The number of rotatable bonds is 4. The van der Waals surface area contributed by atoms with Crippen LogP contribution in [0.25, 0.3) is 5.65 Å². The molecule has 4 rings (SSSR count). The van der Waals surface area contributed by atoms with E-state index in [2.05, 4.69) is 66.0 Å². The van der Waals surface area contributed by atoms with Gasteiger partial charge >= 0.3 is 0 Å². The lowest BCUT2D eigenvalue weighted by Gasteiger charge is -2.37. The number of guanidine groups is 1. The van der Waals surface area contributed by atoms with Crippen molar-refractivity contribution in [2.75, 3.05) is 44.7 Å². The van der Waals surface area contributed by atoms with Crippen LogP contribution in [0.3, 0.4) is 0 Å². The quantitative estimate of drug-likeness (QED) is 0.571. The summed E-state index contributed by atoms with van der Waals surface area (Å²) < 4.78 is 2.06. The molecule has 1 aliphatic rings. The SMILES string of the molecule is CN=C(NCCc1cn2ccccc2n1)N1CCN(c2ccccc2)CC1. The van der Waals surface area contributed by atoms with E-state index in [4.69, 9.17) is 0 Å². The van der Waals surface area contributed by atoms with Crippen molar-refractivity contribution in [2.24, 2.45) is 4.99 Å². The number of nitrogens with zero attached hydrogens (tertiary/aromatic N) is 5. The highest BCUT2D eigenvalue weighted by Gasteiger charge is 2.19. The monoisotopic (exact) mass is 362 g/mol. The van der Waals surface area contributed by atoms with E-state index in [0.717, 1.165) is 56.4 Å². The zero-order valence-corrected chi connectivity index (χ0v) is 15.8. The predicted octanol–water partition coefficient (Wildman–Crippen LogP) is 2.27. The molecular weight excluding hydrogens is 336 g/mol. The average molecular weight is 362 g/mol. The molecule has 2 aromatic heterocycles. The van der Waals surface area contributed by atoms with Gasteiger partial charge in [0.15, 0.2) is 5.96 Å². The van der Waals surface area contributed by atoms with Crippen molar-refractivity contribution in [3.63, 3.8) is 0 Å². The Bertz CT molecular complexity index is 860. The Labute approximate surface area is 160 Å². The fourth-order valence-corrected chi connectivity index (χ4v) is 3.56. The largest absolute Gasteiger partial charge is 0.368 e. The molecule has 0 radical (unpaired) electrons. The highest BCUT2D eigenvalue weighted by Crippen LogP contribution is 2.15. The highest BCUT2D eigenvalue weighted by atomic mass is 15.3. The molecule has 0 aliphatic carbocycles. The highest BCUT2D eigenvalue weighted by molar-refractivity contribution is 5.80. The summed E-state index contributed by atoms with van der Waals surface area (Å²) in [6, 6.07) is 16.7. The van der Waals surface area contributed by atoms with Crippen molar-refractivity contribution >= 4 is 17.3 Å². The van der Waals surface area contributed by atoms with E-state index >= 15 is 0 Å². The molecule has 6 heteroatoms. The molecule has 27 heavy (non-hydrogen) atoms. The van der Waals surface area contributed by atoms with Gasteiger partial charge in [-0.2, -0.15) is 0 Å². The minimum atomic E-state index is 0.829. The van der Waals surface area contributed by atoms with Gasteiger partial charge in [0, 0.05) is 64.3 Å². The Morgan fingerprint density at radius 3 is 2.56 bits per heavy atom. The van der Waals surface area contributed by atoms with Crippen molar-refractivity contribution < 1.29 is 0 Å². The molecule has 1 N–H and O–H groups in total. The van der Waals surface area contributed by atoms with Crippen LogP contribution in [0.5, 0.6) is 0 Å². The molecule has 3 heterocycles. The van der Waals surface area contributed by atoms with Gasteiger partial charge in [-0.3, -0.25) is 4.99 Å². The van der Waals surface area contributed by atoms with Crippen LogP contribution in [0.2, 0.25) is 0 Å². The molecule has 6 nitrogen and oxygen atoms in total. The number of anilines is 1. The summed E-state index contributed by atoms with van der Waals surface area (Å²) >= 11 is 0. The number of aliphatic imine (C=N–C) groups is 1. The molecule has 140 valence electrons. The van der Waals surface area contributed by atoms with Gasteiger partial charge in [0.05, 0.1) is 5.69 Å².